The SMILES string of the molecule is Nc1cc(O)c2ccsc2c1C(=O)O. The van der Waals surface area contributed by atoms with Crippen LogP contribution in [0, 0.1) is 0 Å². The molecule has 1 aromatic carbocycles. The Morgan fingerprint density at radius 3 is 2.86 bits per heavy atom. The molecule has 2 rings (SSSR count). The number of fused-ring (bicyclic) bond motifs is 1. The zero-order chi connectivity index (χ0) is 10.3. The van der Waals surface area contributed by atoms with Crippen molar-refractivity contribution < 1.29 is 15.0 Å². The molecule has 2 aromatic rings. The lowest BCUT2D eigenvalue weighted by atomic mass is 10.1. The van der Waals surface area contributed by atoms with Gasteiger partial charge in [-0.25, -0.2) is 4.79 Å². The Labute approximate surface area is 83.2 Å². The average Bonchev–Trinajstić information content (AvgIpc) is 2.51. The number of carboxylic acid groups (broad SMARTS) is 1. The largest absolute Gasteiger partial charge is 0.507 e. The van der Waals surface area contributed by atoms with Crippen LogP contribution in [0.3, 0.4) is 0 Å². The van der Waals surface area contributed by atoms with Crippen molar-refractivity contribution in [3.05, 3.63) is 23.1 Å². The number of aromatic hydroxyl groups is 1. The van der Waals surface area contributed by atoms with E-state index < -0.39 is 5.97 Å². The normalized spacial score (nSPS) is 10.6. The fraction of sp³-hybridized carbons (Fsp3) is 0. The van der Waals surface area contributed by atoms with Gasteiger partial charge in [0.05, 0.1) is 10.4 Å². The minimum Gasteiger partial charge on any atom is -0.507 e. The lowest BCUT2D eigenvalue weighted by molar-refractivity contribution is 0.0700. The molecule has 1 aromatic heterocycles. The van der Waals surface area contributed by atoms with E-state index in [4.69, 9.17) is 10.8 Å². The molecule has 14 heavy (non-hydrogen) atoms. The number of phenols is 1. The zero-order valence-corrected chi connectivity index (χ0v) is 7.84. The minimum absolute atomic E-state index is 0.0174. The Morgan fingerprint density at radius 2 is 2.21 bits per heavy atom. The van der Waals surface area contributed by atoms with Crippen molar-refractivity contribution in [2.45, 2.75) is 0 Å². The number of hydrogen-bond acceptors (Lipinski definition) is 4. The first-order valence-corrected chi connectivity index (χ1v) is 4.71. The molecule has 0 aliphatic heterocycles. The maximum absolute atomic E-state index is 10.9. The highest BCUT2D eigenvalue weighted by Crippen LogP contribution is 2.35. The summed E-state index contributed by atoms with van der Waals surface area (Å²) >= 11 is 1.25. The maximum Gasteiger partial charge on any atom is 0.339 e. The number of carboxylic acids is 1. The molecule has 0 aliphatic rings. The first-order chi connectivity index (χ1) is 6.61. The second-order valence-corrected chi connectivity index (χ2v) is 3.74. The topological polar surface area (TPSA) is 83.5 Å². The van der Waals surface area contributed by atoms with Gasteiger partial charge in [-0.1, -0.05) is 0 Å². The van der Waals surface area contributed by atoms with Gasteiger partial charge in [-0.15, -0.1) is 11.3 Å². The van der Waals surface area contributed by atoms with Crippen LogP contribution in [-0.4, -0.2) is 16.2 Å². The number of thiophene rings is 1. The van der Waals surface area contributed by atoms with E-state index >= 15 is 0 Å². The van der Waals surface area contributed by atoms with Gasteiger partial charge in [-0.05, 0) is 11.4 Å². The lowest BCUT2D eigenvalue weighted by Gasteiger charge is -2.03. The van der Waals surface area contributed by atoms with Gasteiger partial charge in [-0.3, -0.25) is 0 Å². The third kappa shape index (κ3) is 1.10. The number of carbonyl (C=O) groups is 1. The van der Waals surface area contributed by atoms with Crippen molar-refractivity contribution in [2.24, 2.45) is 0 Å². The zero-order valence-electron chi connectivity index (χ0n) is 7.02. The van der Waals surface area contributed by atoms with E-state index in [0.717, 1.165) is 0 Å². The Bertz CT molecular complexity index is 518. The molecule has 0 unspecified atom stereocenters. The van der Waals surface area contributed by atoms with Crippen molar-refractivity contribution >= 4 is 33.1 Å². The number of rotatable bonds is 1. The number of nitrogen functional groups attached to an aromatic ring is 1. The van der Waals surface area contributed by atoms with Crippen LogP contribution in [0.25, 0.3) is 10.1 Å². The molecule has 0 spiro atoms. The quantitative estimate of drug-likeness (QED) is 0.626. The van der Waals surface area contributed by atoms with Crippen LogP contribution in [-0.2, 0) is 0 Å². The van der Waals surface area contributed by atoms with Gasteiger partial charge in [0.2, 0.25) is 0 Å². The van der Waals surface area contributed by atoms with E-state index in [1.54, 1.807) is 11.4 Å². The van der Waals surface area contributed by atoms with Crippen molar-refractivity contribution in [2.75, 3.05) is 5.73 Å². The van der Waals surface area contributed by atoms with Crippen LogP contribution in [0.4, 0.5) is 5.69 Å². The van der Waals surface area contributed by atoms with Crippen LogP contribution in [0.2, 0.25) is 0 Å². The third-order valence-corrected chi connectivity index (χ3v) is 2.89. The Balaban J connectivity index is 2.93. The van der Waals surface area contributed by atoms with Gasteiger partial charge in [0.15, 0.2) is 0 Å². The number of hydrogen-bond donors (Lipinski definition) is 3. The van der Waals surface area contributed by atoms with E-state index in [-0.39, 0.29) is 17.0 Å². The first kappa shape index (κ1) is 8.83. The summed E-state index contributed by atoms with van der Waals surface area (Å²) in [7, 11) is 0. The number of aromatic carboxylic acids is 1. The molecule has 4 N–H and O–H groups in total. The van der Waals surface area contributed by atoms with Crippen LogP contribution in [0.1, 0.15) is 10.4 Å². The van der Waals surface area contributed by atoms with E-state index in [1.165, 1.54) is 17.4 Å². The molecule has 0 fully saturated rings. The summed E-state index contributed by atoms with van der Waals surface area (Å²) in [5.41, 5.74) is 5.66. The van der Waals surface area contributed by atoms with Gasteiger partial charge >= 0.3 is 5.97 Å². The lowest BCUT2D eigenvalue weighted by Crippen LogP contribution is -2.02. The summed E-state index contributed by atoms with van der Waals surface area (Å²) in [6.45, 7) is 0. The number of phenolic OH excluding ortho intramolecular Hbond substituents is 1. The number of anilines is 1. The Kier molecular flexibility index (Phi) is 1.82. The highest BCUT2D eigenvalue weighted by molar-refractivity contribution is 7.17. The van der Waals surface area contributed by atoms with Crippen LogP contribution >= 0.6 is 11.3 Å². The van der Waals surface area contributed by atoms with Crippen molar-refractivity contribution in [1.29, 1.82) is 0 Å². The highest BCUT2D eigenvalue weighted by atomic mass is 32.1. The fourth-order valence-electron chi connectivity index (χ4n) is 1.35. The van der Waals surface area contributed by atoms with E-state index in [0.29, 0.717) is 10.1 Å². The molecule has 0 radical (unpaired) electrons. The van der Waals surface area contributed by atoms with Crippen molar-refractivity contribution in [1.82, 2.24) is 0 Å². The molecule has 4 nitrogen and oxygen atoms in total. The predicted molar refractivity (Wildman–Crippen MR) is 54.9 cm³/mol. The molecule has 0 aliphatic carbocycles. The second kappa shape index (κ2) is 2.88. The summed E-state index contributed by atoms with van der Waals surface area (Å²) < 4.78 is 0.509. The van der Waals surface area contributed by atoms with Gasteiger partial charge in [0.1, 0.15) is 11.3 Å². The number of nitrogens with two attached hydrogens (primary N) is 1. The van der Waals surface area contributed by atoms with E-state index in [9.17, 15) is 9.90 Å². The van der Waals surface area contributed by atoms with Crippen LogP contribution < -0.4 is 5.73 Å². The molecule has 1 heterocycles. The third-order valence-electron chi connectivity index (χ3n) is 1.96. The molecule has 0 saturated carbocycles. The minimum atomic E-state index is -1.07. The van der Waals surface area contributed by atoms with Gasteiger partial charge < -0.3 is 15.9 Å². The molecule has 5 heteroatoms. The first-order valence-electron chi connectivity index (χ1n) is 3.83. The van der Waals surface area contributed by atoms with Crippen LogP contribution in [0.5, 0.6) is 5.75 Å². The maximum atomic E-state index is 10.9. The molecule has 0 amide bonds. The summed E-state index contributed by atoms with van der Waals surface area (Å²) in [6.07, 6.45) is 0. The van der Waals surface area contributed by atoms with Crippen LogP contribution in [0.15, 0.2) is 17.5 Å². The van der Waals surface area contributed by atoms with Crippen molar-refractivity contribution in [3.8, 4) is 5.75 Å². The molecular weight excluding hydrogens is 202 g/mol. The molecule has 0 atom stereocenters. The molecule has 0 saturated heterocycles. The van der Waals surface area contributed by atoms with E-state index in [1.807, 2.05) is 0 Å². The standard InChI is InChI=1S/C9H7NO3S/c10-5-3-6(11)4-1-2-14-8(4)7(5)9(12)13/h1-3,11H,10H2,(H,12,13). The van der Waals surface area contributed by atoms with Crippen molar-refractivity contribution in [3.63, 3.8) is 0 Å². The fourth-order valence-corrected chi connectivity index (χ4v) is 2.32. The highest BCUT2D eigenvalue weighted by Gasteiger charge is 2.16. The van der Waals surface area contributed by atoms with Gasteiger partial charge in [-0.2, -0.15) is 0 Å². The second-order valence-electron chi connectivity index (χ2n) is 2.83. The summed E-state index contributed by atoms with van der Waals surface area (Å²) in [5, 5.41) is 20.6. The molecule has 72 valence electrons. The predicted octanol–water partition coefficient (Wildman–Crippen LogP) is 1.89. The monoisotopic (exact) mass is 209 g/mol. The summed E-state index contributed by atoms with van der Waals surface area (Å²) in [5.74, 6) is -1.06. The average molecular weight is 209 g/mol. The van der Waals surface area contributed by atoms with Gasteiger partial charge in [0, 0.05) is 11.5 Å². The van der Waals surface area contributed by atoms with Gasteiger partial charge in [0.25, 0.3) is 0 Å². The summed E-state index contributed by atoms with van der Waals surface area (Å²) in [4.78, 5) is 10.9. The van der Waals surface area contributed by atoms with E-state index in [2.05, 4.69) is 0 Å². The molecule has 0 bridgehead atoms. The summed E-state index contributed by atoms with van der Waals surface area (Å²) in [6, 6.07) is 2.93. The Morgan fingerprint density at radius 1 is 1.50 bits per heavy atom. The smallest absolute Gasteiger partial charge is 0.339 e. The molecular formula is C9H7NO3S. The Hall–Kier alpha value is -1.75. The number of benzene rings is 1.